The first-order valence-corrected chi connectivity index (χ1v) is 3.96. The first-order valence-electron chi connectivity index (χ1n) is 3.96. The molecule has 15 heavy (non-hydrogen) atoms. The molecule has 0 aromatic heterocycles. The number of halogens is 3. The molecule has 2 nitrogen and oxygen atoms in total. The third-order valence-electron chi connectivity index (χ3n) is 1.63. The topological polar surface area (TPSA) is 40.1 Å². The summed E-state index contributed by atoms with van der Waals surface area (Å²) in [7, 11) is 0. The van der Waals surface area contributed by atoms with Gasteiger partial charge in [0.15, 0.2) is 0 Å². The lowest BCUT2D eigenvalue weighted by Gasteiger charge is -2.06. The van der Waals surface area contributed by atoms with Gasteiger partial charge in [-0.1, -0.05) is 18.2 Å². The minimum Gasteiger partial charge on any atom is -0.545 e. The van der Waals surface area contributed by atoms with Gasteiger partial charge in [0.2, 0.25) is 0 Å². The Morgan fingerprint density at radius 1 is 1.33 bits per heavy atom. The van der Waals surface area contributed by atoms with Crippen molar-refractivity contribution in [2.75, 3.05) is 0 Å². The SMILES string of the molecule is O=C([O-])C=Cc1cccc(C(F)(F)F)c1. The molecule has 0 saturated carbocycles. The smallest absolute Gasteiger partial charge is 0.416 e. The Hall–Kier alpha value is -1.78. The van der Waals surface area contributed by atoms with Gasteiger partial charge < -0.3 is 9.90 Å². The summed E-state index contributed by atoms with van der Waals surface area (Å²) in [5.41, 5.74) is -0.656. The molecule has 5 heteroatoms. The van der Waals surface area contributed by atoms with E-state index in [-0.39, 0.29) is 5.56 Å². The van der Waals surface area contributed by atoms with Crippen LogP contribution in [0.3, 0.4) is 0 Å². The zero-order chi connectivity index (χ0) is 11.5. The Bertz CT molecular complexity index is 394. The van der Waals surface area contributed by atoms with Crippen LogP contribution in [0.2, 0.25) is 0 Å². The summed E-state index contributed by atoms with van der Waals surface area (Å²) >= 11 is 0. The molecule has 0 atom stereocenters. The van der Waals surface area contributed by atoms with Gasteiger partial charge in [-0.05, 0) is 23.8 Å². The van der Waals surface area contributed by atoms with Gasteiger partial charge in [0.1, 0.15) is 0 Å². The molecule has 0 aliphatic carbocycles. The molecular formula is C10H6F3O2-. The maximum Gasteiger partial charge on any atom is 0.416 e. The van der Waals surface area contributed by atoms with Crippen molar-refractivity contribution in [1.82, 2.24) is 0 Å². The predicted octanol–water partition coefficient (Wildman–Crippen LogP) is 1.47. The maximum absolute atomic E-state index is 12.2. The van der Waals surface area contributed by atoms with Gasteiger partial charge >= 0.3 is 6.18 Å². The summed E-state index contributed by atoms with van der Waals surface area (Å²) < 4.78 is 36.6. The Labute approximate surface area is 83.7 Å². The normalized spacial score (nSPS) is 11.9. The van der Waals surface area contributed by atoms with Crippen LogP contribution >= 0.6 is 0 Å². The number of carboxylic acids is 1. The molecule has 0 radical (unpaired) electrons. The van der Waals surface area contributed by atoms with Crippen molar-refractivity contribution in [3.8, 4) is 0 Å². The van der Waals surface area contributed by atoms with Gasteiger partial charge in [-0.15, -0.1) is 0 Å². The van der Waals surface area contributed by atoms with Crippen LogP contribution in [-0.4, -0.2) is 5.97 Å². The van der Waals surface area contributed by atoms with E-state index < -0.39 is 17.7 Å². The number of aliphatic carboxylic acids is 1. The van der Waals surface area contributed by atoms with E-state index in [9.17, 15) is 23.1 Å². The highest BCUT2D eigenvalue weighted by Gasteiger charge is 2.30. The molecule has 1 rings (SSSR count). The summed E-state index contributed by atoms with van der Waals surface area (Å²) in [4.78, 5) is 10.0. The summed E-state index contributed by atoms with van der Waals surface area (Å²) in [6.07, 6.45) is -2.70. The van der Waals surface area contributed by atoms with E-state index in [0.29, 0.717) is 6.08 Å². The van der Waals surface area contributed by atoms with E-state index in [1.165, 1.54) is 12.1 Å². The predicted molar refractivity (Wildman–Crippen MR) is 45.5 cm³/mol. The van der Waals surface area contributed by atoms with Crippen molar-refractivity contribution in [3.63, 3.8) is 0 Å². The van der Waals surface area contributed by atoms with Crippen molar-refractivity contribution < 1.29 is 23.1 Å². The van der Waals surface area contributed by atoms with Gasteiger partial charge in [-0.25, -0.2) is 0 Å². The number of carboxylic acid groups (broad SMARTS) is 1. The number of hydrogen-bond acceptors (Lipinski definition) is 2. The monoisotopic (exact) mass is 215 g/mol. The van der Waals surface area contributed by atoms with E-state index in [1.54, 1.807) is 0 Å². The van der Waals surface area contributed by atoms with Crippen LogP contribution in [0.15, 0.2) is 30.3 Å². The molecule has 0 fully saturated rings. The second-order valence-corrected chi connectivity index (χ2v) is 2.78. The third-order valence-corrected chi connectivity index (χ3v) is 1.63. The van der Waals surface area contributed by atoms with Crippen molar-refractivity contribution in [2.24, 2.45) is 0 Å². The number of carbonyl (C=O) groups is 1. The van der Waals surface area contributed by atoms with Crippen molar-refractivity contribution in [2.45, 2.75) is 6.18 Å². The summed E-state index contributed by atoms with van der Waals surface area (Å²) in [6.45, 7) is 0. The molecule has 0 amide bonds. The second-order valence-electron chi connectivity index (χ2n) is 2.78. The van der Waals surface area contributed by atoms with Crippen LogP contribution in [0.25, 0.3) is 6.08 Å². The molecule has 0 heterocycles. The fourth-order valence-corrected chi connectivity index (χ4v) is 0.983. The van der Waals surface area contributed by atoms with Crippen LogP contribution in [-0.2, 0) is 11.0 Å². The van der Waals surface area contributed by atoms with Gasteiger partial charge in [0, 0.05) is 0 Å². The van der Waals surface area contributed by atoms with Gasteiger partial charge in [-0.3, -0.25) is 0 Å². The first kappa shape index (κ1) is 11.3. The van der Waals surface area contributed by atoms with E-state index in [0.717, 1.165) is 18.2 Å². The molecule has 0 saturated heterocycles. The van der Waals surface area contributed by atoms with E-state index in [1.807, 2.05) is 0 Å². The van der Waals surface area contributed by atoms with Crippen LogP contribution in [0, 0.1) is 0 Å². The van der Waals surface area contributed by atoms with E-state index in [2.05, 4.69) is 0 Å². The molecule has 1 aromatic carbocycles. The molecule has 80 valence electrons. The molecule has 0 bridgehead atoms. The number of benzene rings is 1. The average molecular weight is 215 g/mol. The Morgan fingerprint density at radius 2 is 2.00 bits per heavy atom. The molecular weight excluding hydrogens is 209 g/mol. The number of alkyl halides is 3. The van der Waals surface area contributed by atoms with Gasteiger partial charge in [0.25, 0.3) is 0 Å². The lowest BCUT2D eigenvalue weighted by Crippen LogP contribution is -2.18. The fourth-order valence-electron chi connectivity index (χ4n) is 0.983. The Balaban J connectivity index is 2.98. The van der Waals surface area contributed by atoms with Crippen LogP contribution < -0.4 is 5.11 Å². The molecule has 0 aliphatic rings. The lowest BCUT2D eigenvalue weighted by atomic mass is 10.1. The molecule has 0 N–H and O–H groups in total. The zero-order valence-corrected chi connectivity index (χ0v) is 7.41. The van der Waals surface area contributed by atoms with Crippen LogP contribution in [0.4, 0.5) is 13.2 Å². The van der Waals surface area contributed by atoms with Crippen molar-refractivity contribution >= 4 is 12.0 Å². The highest BCUT2D eigenvalue weighted by Crippen LogP contribution is 2.29. The minimum absolute atomic E-state index is 0.161. The number of hydrogen-bond donors (Lipinski definition) is 0. The van der Waals surface area contributed by atoms with Crippen molar-refractivity contribution in [1.29, 1.82) is 0 Å². The fraction of sp³-hybridized carbons (Fsp3) is 0.100. The number of rotatable bonds is 2. The summed E-state index contributed by atoms with van der Waals surface area (Å²) in [5.74, 6) is -1.45. The standard InChI is InChI=1S/C10H7F3O2/c11-10(12,13)8-3-1-2-7(6-8)4-5-9(14)15/h1-6H,(H,14,15)/p-1. The van der Waals surface area contributed by atoms with E-state index in [4.69, 9.17) is 0 Å². The largest absolute Gasteiger partial charge is 0.545 e. The minimum atomic E-state index is -4.43. The van der Waals surface area contributed by atoms with Crippen LogP contribution in [0.5, 0.6) is 0 Å². The Morgan fingerprint density at radius 3 is 2.53 bits per heavy atom. The first-order chi connectivity index (χ1) is 6.89. The second kappa shape index (κ2) is 4.16. The van der Waals surface area contributed by atoms with Crippen molar-refractivity contribution in [3.05, 3.63) is 41.5 Å². The highest BCUT2D eigenvalue weighted by molar-refractivity contribution is 5.83. The highest BCUT2D eigenvalue weighted by atomic mass is 19.4. The van der Waals surface area contributed by atoms with Gasteiger partial charge in [-0.2, -0.15) is 13.2 Å². The average Bonchev–Trinajstić information content (AvgIpc) is 2.14. The maximum atomic E-state index is 12.2. The summed E-state index contributed by atoms with van der Waals surface area (Å²) in [5, 5.41) is 10.0. The molecule has 0 spiro atoms. The van der Waals surface area contributed by atoms with Gasteiger partial charge in [0.05, 0.1) is 11.5 Å². The summed E-state index contributed by atoms with van der Waals surface area (Å²) in [6, 6.07) is 4.35. The van der Waals surface area contributed by atoms with Crippen LogP contribution in [0.1, 0.15) is 11.1 Å². The zero-order valence-electron chi connectivity index (χ0n) is 7.41. The molecule has 1 aromatic rings. The quantitative estimate of drug-likeness (QED) is 0.701. The lowest BCUT2D eigenvalue weighted by molar-refractivity contribution is -0.297. The van der Waals surface area contributed by atoms with E-state index >= 15 is 0 Å². The number of carbonyl (C=O) groups excluding carboxylic acids is 1. The molecule has 0 aliphatic heterocycles. The Kier molecular flexibility index (Phi) is 3.14. The molecule has 0 unspecified atom stereocenters. The third kappa shape index (κ3) is 3.46.